The van der Waals surface area contributed by atoms with E-state index in [1.807, 2.05) is 15.3 Å². The molecular weight excluding hydrogens is 304 g/mol. The maximum absolute atomic E-state index is 10.0. The first kappa shape index (κ1) is 23.4. The normalized spacial score (nSPS) is 7.64. The van der Waals surface area contributed by atoms with Crippen LogP contribution in [0.15, 0.2) is 6.07 Å². The first-order valence-corrected chi connectivity index (χ1v) is 4.82. The number of hydrazine groups is 2. The molecule has 17 N–H and O–H groups in total. The van der Waals surface area contributed by atoms with E-state index in [1.54, 1.807) is 0 Å². The van der Waals surface area contributed by atoms with Crippen LogP contribution >= 0.6 is 0 Å². The van der Waals surface area contributed by atoms with Gasteiger partial charge in [0.15, 0.2) is 0 Å². The summed E-state index contributed by atoms with van der Waals surface area (Å²) in [4.78, 5) is 20.1. The second kappa shape index (κ2) is 12.3. The highest BCUT2D eigenvalue weighted by Crippen LogP contribution is 1.95. The summed E-state index contributed by atoms with van der Waals surface area (Å²) in [6.45, 7) is 0. The summed E-state index contributed by atoms with van der Waals surface area (Å²) < 4.78 is 0. The predicted octanol–water partition coefficient (Wildman–Crippen LogP) is -11.3. The fourth-order valence-electron chi connectivity index (χ4n) is 0.531. The van der Waals surface area contributed by atoms with Crippen LogP contribution in [0.3, 0.4) is 0 Å². The lowest BCUT2D eigenvalue weighted by Crippen LogP contribution is -2.84. The van der Waals surface area contributed by atoms with Gasteiger partial charge in [-0.25, -0.2) is 0 Å². The first-order valence-electron chi connectivity index (χ1n) is 4.82. The number of carbonyl (C=O) groups excluding carboxylic acids is 2. The summed E-state index contributed by atoms with van der Waals surface area (Å²) in [5.41, 5.74) is 18.2. The van der Waals surface area contributed by atoms with E-state index < -0.39 is 17.6 Å². The van der Waals surface area contributed by atoms with E-state index in [1.165, 1.54) is 0 Å². The third-order valence-corrected chi connectivity index (χ3v) is 1.34. The van der Waals surface area contributed by atoms with Gasteiger partial charge in [0.2, 0.25) is 0 Å². The number of guanidine groups is 2. The molecule has 0 amide bonds. The van der Waals surface area contributed by atoms with Gasteiger partial charge in [-0.1, -0.05) is 0 Å². The van der Waals surface area contributed by atoms with Crippen LogP contribution in [0.5, 0.6) is 0 Å². The number of carboxylic acid groups (broad SMARTS) is 2. The zero-order valence-corrected chi connectivity index (χ0v) is 11.1. The summed E-state index contributed by atoms with van der Waals surface area (Å²) in [6, 6.07) is 0.824. The van der Waals surface area contributed by atoms with Crippen molar-refractivity contribution in [2.75, 3.05) is 0 Å². The monoisotopic (exact) mass is 322 g/mol. The van der Waals surface area contributed by atoms with Gasteiger partial charge in [0.1, 0.15) is 5.69 Å². The summed E-state index contributed by atoms with van der Waals surface area (Å²) in [6.07, 6.45) is 0. The van der Waals surface area contributed by atoms with E-state index in [2.05, 4.69) is 16.8 Å². The Morgan fingerprint density at radius 2 is 1.36 bits per heavy atom. The average molecular weight is 322 g/mol. The van der Waals surface area contributed by atoms with Gasteiger partial charge in [-0.05, 0) is 6.07 Å². The molecule has 1 rings (SSSR count). The summed E-state index contributed by atoms with van der Waals surface area (Å²) >= 11 is 0. The van der Waals surface area contributed by atoms with Crippen molar-refractivity contribution in [3.63, 3.8) is 0 Å². The summed E-state index contributed by atoms with van der Waals surface area (Å²) in [5, 5.41) is 29.2. The Labute approximate surface area is 122 Å². The lowest BCUT2D eigenvalue weighted by Gasteiger charge is -1.93. The number of carboxylic acids is 2. The van der Waals surface area contributed by atoms with E-state index in [0.29, 0.717) is 0 Å². The van der Waals surface area contributed by atoms with Crippen LogP contribution in [-0.2, 0) is 0 Å². The van der Waals surface area contributed by atoms with Crippen molar-refractivity contribution in [1.29, 1.82) is 0 Å². The number of nitrogens with one attached hydrogen (secondary N) is 3. The number of carbonyl (C=O) groups is 2. The highest BCUT2D eigenvalue weighted by atomic mass is 16.4. The van der Waals surface area contributed by atoms with Crippen LogP contribution in [0.2, 0.25) is 0 Å². The van der Waals surface area contributed by atoms with E-state index in [-0.39, 0.29) is 23.1 Å². The molecule has 0 fully saturated rings. The van der Waals surface area contributed by atoms with Crippen LogP contribution in [0.4, 0.5) is 0 Å². The van der Waals surface area contributed by atoms with Crippen LogP contribution in [0.1, 0.15) is 21.0 Å². The topological polar surface area (TPSA) is 325 Å². The zero-order valence-electron chi connectivity index (χ0n) is 11.1. The minimum Gasteiger partial charge on any atom is -0.543 e. The molecule has 0 aliphatic carbocycles. The average Bonchev–Trinajstić information content (AvgIpc) is 2.90. The van der Waals surface area contributed by atoms with Crippen molar-refractivity contribution in [2.45, 2.75) is 0 Å². The number of rotatable bonds is 2. The molecule has 126 valence electrons. The molecule has 0 spiro atoms. The van der Waals surface area contributed by atoms with Gasteiger partial charge in [-0.2, -0.15) is 15.3 Å². The molecule has 1 heterocycles. The minimum absolute atomic E-state index is 0. The Balaban J connectivity index is -0.000000279. The van der Waals surface area contributed by atoms with E-state index in [0.717, 1.165) is 6.07 Å². The van der Waals surface area contributed by atoms with Crippen LogP contribution in [0, 0.1) is 0 Å². The van der Waals surface area contributed by atoms with Crippen LogP contribution in [0.25, 0.3) is 0 Å². The third kappa shape index (κ3) is 12.7. The molecule has 0 radical (unpaired) electrons. The van der Waals surface area contributed by atoms with Crippen molar-refractivity contribution >= 4 is 23.9 Å². The maximum Gasteiger partial charge on any atom is 0.360 e. The SMILES string of the molecule is N[NH+]=C(N)N.N[NH+]=C(N)N.O.O=C([O-])c1cc(C(=O)[O-])[nH]n1. The van der Waals surface area contributed by atoms with Gasteiger partial charge in [0.05, 0.1) is 17.6 Å². The number of hydrogen-bond donors (Lipinski definition) is 9. The molecule has 0 aromatic carbocycles. The summed E-state index contributed by atoms with van der Waals surface area (Å²) in [5.74, 6) is 6.29. The number of nitrogens with two attached hydrogens (primary N) is 6. The van der Waals surface area contributed by atoms with Crippen molar-refractivity contribution in [1.82, 2.24) is 10.2 Å². The van der Waals surface area contributed by atoms with E-state index in [9.17, 15) is 19.8 Å². The number of nitrogens with zero attached hydrogens (tertiary/aromatic N) is 1. The van der Waals surface area contributed by atoms with Crippen LogP contribution in [-0.4, -0.2) is 39.5 Å². The Morgan fingerprint density at radius 3 is 1.50 bits per heavy atom. The maximum atomic E-state index is 10.0. The zero-order chi connectivity index (χ0) is 17.0. The molecule has 22 heavy (non-hydrogen) atoms. The second-order valence-electron chi connectivity index (χ2n) is 2.94. The lowest BCUT2D eigenvalue weighted by molar-refractivity contribution is -0.471. The molecule has 0 atom stereocenters. The highest BCUT2D eigenvalue weighted by molar-refractivity contribution is 5.89. The van der Waals surface area contributed by atoms with Crippen molar-refractivity contribution in [3.8, 4) is 0 Å². The quantitative estimate of drug-likeness (QED) is 0.106. The van der Waals surface area contributed by atoms with E-state index in [4.69, 9.17) is 22.9 Å². The molecule has 1 aromatic rings. The Kier molecular flexibility index (Phi) is 13.0. The van der Waals surface area contributed by atoms with Gasteiger partial charge in [-0.15, -0.1) is 0 Å². The minimum atomic E-state index is -1.53. The molecule has 15 nitrogen and oxygen atoms in total. The van der Waals surface area contributed by atoms with Crippen molar-refractivity contribution in [2.24, 2.45) is 34.6 Å². The van der Waals surface area contributed by atoms with Gasteiger partial charge >= 0.3 is 11.9 Å². The number of H-pyrrole nitrogens is 1. The van der Waals surface area contributed by atoms with Gasteiger partial charge in [0, 0.05) is 0 Å². The van der Waals surface area contributed by atoms with Gasteiger partial charge < -0.3 is 25.3 Å². The smallest absolute Gasteiger partial charge is 0.360 e. The number of aromatic amines is 1. The van der Waals surface area contributed by atoms with Crippen molar-refractivity contribution < 1.29 is 35.5 Å². The van der Waals surface area contributed by atoms with Crippen LogP contribution < -0.4 is 55.0 Å². The lowest BCUT2D eigenvalue weighted by atomic mass is 10.3. The molecule has 0 aliphatic rings. The molecule has 0 saturated heterocycles. The fraction of sp³-hybridized carbons (Fsp3) is 0. The summed E-state index contributed by atoms with van der Waals surface area (Å²) in [7, 11) is 0. The predicted molar refractivity (Wildman–Crippen MR) is 67.9 cm³/mol. The highest BCUT2D eigenvalue weighted by Gasteiger charge is 2.00. The first-order chi connectivity index (χ1) is 9.65. The Bertz CT molecular complexity index is 471. The molecule has 0 bridgehead atoms. The number of hydrogen-bond acceptors (Lipinski definition) is 7. The van der Waals surface area contributed by atoms with E-state index >= 15 is 0 Å². The second-order valence-corrected chi connectivity index (χ2v) is 2.94. The Morgan fingerprint density at radius 1 is 1.00 bits per heavy atom. The fourth-order valence-corrected chi connectivity index (χ4v) is 0.531. The molecule has 0 aliphatic heterocycles. The molecular formula is C7H18N10O5. The number of hydrazone groups is 2. The number of aromatic nitrogens is 2. The molecule has 15 heteroatoms. The molecule has 0 saturated carbocycles. The third-order valence-electron chi connectivity index (χ3n) is 1.34. The van der Waals surface area contributed by atoms with Gasteiger partial charge in [0.25, 0.3) is 0 Å². The Hall–Kier alpha value is -3.75. The molecule has 0 unspecified atom stereocenters. The largest absolute Gasteiger partial charge is 0.543 e. The standard InChI is InChI=1S/C5H4N2O4.2CH6N4.H2O/c8-4(9)2-1-3(5(10)11)7-6-2;2*2-1(3)5-4;/h1H,(H,6,7)(H,8,9)(H,10,11);2*4H2,(H4,2,3,5);1H2. The molecule has 1 aromatic heterocycles. The van der Waals surface area contributed by atoms with Crippen molar-refractivity contribution in [3.05, 3.63) is 17.5 Å². The van der Waals surface area contributed by atoms with Gasteiger partial charge in [-0.3, -0.25) is 39.7 Å². The number of aromatic carboxylic acids is 2.